The van der Waals surface area contributed by atoms with E-state index < -0.39 is 0 Å². The Kier molecular flexibility index (Phi) is 4.01. The largest absolute Gasteiger partial charge is 0.383 e. The summed E-state index contributed by atoms with van der Waals surface area (Å²) in [6, 6.07) is 12.9. The van der Waals surface area contributed by atoms with Crippen molar-refractivity contribution in [3.8, 4) is 0 Å². The fourth-order valence-corrected chi connectivity index (χ4v) is 3.28. The second-order valence-electron chi connectivity index (χ2n) is 6.63. The molecule has 0 aliphatic heterocycles. The molecule has 4 nitrogen and oxygen atoms in total. The molecule has 4 rings (SSSR count). The van der Waals surface area contributed by atoms with Gasteiger partial charge in [-0.15, -0.1) is 0 Å². The van der Waals surface area contributed by atoms with E-state index in [1.54, 1.807) is 12.1 Å². The van der Waals surface area contributed by atoms with E-state index in [4.69, 9.17) is 4.98 Å². The van der Waals surface area contributed by atoms with Crippen molar-refractivity contribution in [2.75, 3.05) is 32.5 Å². The molecule has 2 aromatic heterocycles. The molecule has 0 aliphatic carbocycles. The second kappa shape index (κ2) is 6.33. The zero-order chi connectivity index (χ0) is 17.4. The Balaban J connectivity index is 1.88. The Morgan fingerprint density at radius 2 is 1.96 bits per heavy atom. The van der Waals surface area contributed by atoms with Crippen LogP contribution in [0.2, 0.25) is 0 Å². The highest BCUT2D eigenvalue weighted by Gasteiger charge is 2.14. The summed E-state index contributed by atoms with van der Waals surface area (Å²) in [5.41, 5.74) is 4.59. The van der Waals surface area contributed by atoms with E-state index in [9.17, 15) is 4.39 Å². The minimum Gasteiger partial charge on any atom is -0.383 e. The standard InChI is InChI=1S/C20H21FN4/c1-25(2)11-5-10-22-18-14-6-3-4-7-16(14)23-19-15-12-13(21)8-9-17(15)24-20(18)19/h3-4,6-9,12,24H,5,10-11H2,1-2H3,(H,22,23). The number of halogens is 1. The lowest BCUT2D eigenvalue weighted by Gasteiger charge is -2.13. The van der Waals surface area contributed by atoms with Crippen molar-refractivity contribution in [1.82, 2.24) is 14.9 Å². The highest BCUT2D eigenvalue weighted by Crippen LogP contribution is 2.34. The number of aromatic amines is 1. The molecule has 0 fully saturated rings. The van der Waals surface area contributed by atoms with Crippen molar-refractivity contribution >= 4 is 38.5 Å². The van der Waals surface area contributed by atoms with Gasteiger partial charge in [0.25, 0.3) is 0 Å². The first-order valence-electron chi connectivity index (χ1n) is 8.52. The first-order chi connectivity index (χ1) is 12.1. The van der Waals surface area contributed by atoms with E-state index >= 15 is 0 Å². The number of nitrogens with one attached hydrogen (secondary N) is 2. The summed E-state index contributed by atoms with van der Waals surface area (Å²) in [6.07, 6.45) is 1.04. The Labute approximate surface area is 145 Å². The second-order valence-corrected chi connectivity index (χ2v) is 6.63. The summed E-state index contributed by atoms with van der Waals surface area (Å²) in [4.78, 5) is 10.4. The molecule has 0 saturated carbocycles. The maximum Gasteiger partial charge on any atom is 0.124 e. The molecule has 0 radical (unpaired) electrons. The van der Waals surface area contributed by atoms with Crippen LogP contribution in [0.15, 0.2) is 42.5 Å². The quantitative estimate of drug-likeness (QED) is 0.532. The van der Waals surface area contributed by atoms with Gasteiger partial charge in [0, 0.05) is 22.8 Å². The van der Waals surface area contributed by atoms with Crippen LogP contribution >= 0.6 is 0 Å². The minimum absolute atomic E-state index is 0.246. The lowest BCUT2D eigenvalue weighted by atomic mass is 10.1. The average molecular weight is 336 g/mol. The third-order valence-corrected chi connectivity index (χ3v) is 4.47. The Morgan fingerprint density at radius 1 is 1.12 bits per heavy atom. The number of H-pyrrole nitrogens is 1. The Hall–Kier alpha value is -2.66. The lowest BCUT2D eigenvalue weighted by molar-refractivity contribution is 0.405. The van der Waals surface area contributed by atoms with Gasteiger partial charge in [0.2, 0.25) is 0 Å². The van der Waals surface area contributed by atoms with Crippen LogP contribution in [-0.2, 0) is 0 Å². The van der Waals surface area contributed by atoms with Crippen molar-refractivity contribution < 1.29 is 4.39 Å². The molecule has 2 aromatic carbocycles. The van der Waals surface area contributed by atoms with Crippen molar-refractivity contribution in [3.05, 3.63) is 48.3 Å². The molecule has 25 heavy (non-hydrogen) atoms. The van der Waals surface area contributed by atoms with E-state index in [1.807, 2.05) is 18.2 Å². The SMILES string of the molecule is CN(C)CCCNc1c2ccccc2nc2c1[nH]c1ccc(F)cc12. The van der Waals surface area contributed by atoms with Crippen LogP contribution in [0.4, 0.5) is 10.1 Å². The zero-order valence-electron chi connectivity index (χ0n) is 14.4. The third kappa shape index (κ3) is 2.91. The molecule has 0 spiro atoms. The molecule has 0 atom stereocenters. The van der Waals surface area contributed by atoms with Crippen molar-refractivity contribution in [2.24, 2.45) is 0 Å². The van der Waals surface area contributed by atoms with E-state index in [1.165, 1.54) is 6.07 Å². The first kappa shape index (κ1) is 15.8. The highest BCUT2D eigenvalue weighted by atomic mass is 19.1. The van der Waals surface area contributed by atoms with Crippen molar-refractivity contribution in [3.63, 3.8) is 0 Å². The fraction of sp³-hybridized carbons (Fsp3) is 0.250. The van der Waals surface area contributed by atoms with E-state index in [2.05, 4.69) is 35.4 Å². The molecule has 0 unspecified atom stereocenters. The summed E-state index contributed by atoms with van der Waals surface area (Å²) in [5.74, 6) is -0.246. The van der Waals surface area contributed by atoms with Crippen LogP contribution in [0.3, 0.4) is 0 Å². The number of hydrogen-bond donors (Lipinski definition) is 2. The van der Waals surface area contributed by atoms with Gasteiger partial charge < -0.3 is 15.2 Å². The van der Waals surface area contributed by atoms with Gasteiger partial charge in [-0.2, -0.15) is 0 Å². The lowest BCUT2D eigenvalue weighted by Crippen LogP contribution is -2.16. The van der Waals surface area contributed by atoms with Gasteiger partial charge >= 0.3 is 0 Å². The summed E-state index contributed by atoms with van der Waals surface area (Å²) in [6.45, 7) is 1.89. The maximum atomic E-state index is 13.7. The van der Waals surface area contributed by atoms with E-state index in [-0.39, 0.29) is 5.82 Å². The van der Waals surface area contributed by atoms with Gasteiger partial charge in [-0.05, 0) is 51.3 Å². The number of anilines is 1. The molecule has 2 heterocycles. The van der Waals surface area contributed by atoms with Crippen LogP contribution in [0, 0.1) is 5.82 Å². The average Bonchev–Trinajstić information content (AvgIpc) is 2.95. The monoisotopic (exact) mass is 336 g/mol. The van der Waals surface area contributed by atoms with Crippen LogP contribution < -0.4 is 5.32 Å². The van der Waals surface area contributed by atoms with Crippen LogP contribution in [0.1, 0.15) is 6.42 Å². The normalized spacial score (nSPS) is 11.8. The minimum atomic E-state index is -0.246. The zero-order valence-corrected chi connectivity index (χ0v) is 14.4. The number of hydrogen-bond acceptors (Lipinski definition) is 3. The third-order valence-electron chi connectivity index (χ3n) is 4.47. The Morgan fingerprint density at radius 3 is 2.80 bits per heavy atom. The van der Waals surface area contributed by atoms with Crippen molar-refractivity contribution in [2.45, 2.75) is 6.42 Å². The molecule has 4 aromatic rings. The number of rotatable bonds is 5. The summed E-state index contributed by atoms with van der Waals surface area (Å²) < 4.78 is 13.7. The highest BCUT2D eigenvalue weighted by molar-refractivity contribution is 6.15. The first-order valence-corrected chi connectivity index (χ1v) is 8.52. The smallest absolute Gasteiger partial charge is 0.124 e. The summed E-state index contributed by atoms with van der Waals surface area (Å²) in [5, 5.41) is 5.46. The maximum absolute atomic E-state index is 13.7. The Bertz CT molecular complexity index is 1050. The van der Waals surface area contributed by atoms with E-state index in [0.29, 0.717) is 0 Å². The van der Waals surface area contributed by atoms with Crippen LogP contribution in [0.25, 0.3) is 32.8 Å². The molecule has 5 heteroatoms. The fourth-order valence-electron chi connectivity index (χ4n) is 3.28. The van der Waals surface area contributed by atoms with Gasteiger partial charge in [-0.3, -0.25) is 0 Å². The number of fused-ring (bicyclic) bond motifs is 4. The summed E-state index contributed by atoms with van der Waals surface area (Å²) >= 11 is 0. The summed E-state index contributed by atoms with van der Waals surface area (Å²) in [7, 11) is 4.15. The molecule has 0 aliphatic rings. The molecular weight excluding hydrogens is 315 g/mol. The number of aromatic nitrogens is 2. The molecule has 0 saturated heterocycles. The van der Waals surface area contributed by atoms with Crippen molar-refractivity contribution in [1.29, 1.82) is 0 Å². The number of para-hydroxylation sites is 1. The van der Waals surface area contributed by atoms with Gasteiger partial charge in [0.1, 0.15) is 5.82 Å². The predicted molar refractivity (Wildman–Crippen MR) is 103 cm³/mol. The van der Waals surface area contributed by atoms with Gasteiger partial charge in [-0.1, -0.05) is 18.2 Å². The molecule has 128 valence electrons. The topological polar surface area (TPSA) is 44.0 Å². The van der Waals surface area contributed by atoms with Crippen LogP contribution in [0.5, 0.6) is 0 Å². The van der Waals surface area contributed by atoms with Gasteiger partial charge in [0.05, 0.1) is 22.2 Å². The van der Waals surface area contributed by atoms with Gasteiger partial charge in [0.15, 0.2) is 0 Å². The number of nitrogens with zero attached hydrogens (tertiary/aromatic N) is 2. The van der Waals surface area contributed by atoms with E-state index in [0.717, 1.165) is 58.0 Å². The molecular formula is C20H21FN4. The van der Waals surface area contributed by atoms with Gasteiger partial charge in [-0.25, -0.2) is 9.37 Å². The number of benzene rings is 2. The molecule has 0 amide bonds. The number of pyridine rings is 1. The van der Waals surface area contributed by atoms with Crippen LogP contribution in [-0.4, -0.2) is 42.1 Å². The molecule has 0 bridgehead atoms. The molecule has 2 N–H and O–H groups in total. The predicted octanol–water partition coefficient (Wildman–Crippen LogP) is 4.37.